The van der Waals surface area contributed by atoms with Gasteiger partial charge in [0, 0.05) is 24.3 Å². The number of carboxylic acids is 1. The monoisotopic (exact) mass is 580 g/mol. The lowest BCUT2D eigenvalue weighted by molar-refractivity contribution is -0.150. The number of carbonyl (C=O) groups is 2. The van der Waals surface area contributed by atoms with Crippen LogP contribution in [0, 0.1) is 23.7 Å². The molecular formula is C34H60O7. The second kappa shape index (κ2) is 20.2. The van der Waals surface area contributed by atoms with Crippen LogP contribution in [0.4, 0.5) is 0 Å². The zero-order valence-corrected chi connectivity index (χ0v) is 26.7. The molecule has 1 rings (SSSR count). The first kappa shape index (κ1) is 37.3. The Balaban J connectivity index is 2.85. The Morgan fingerprint density at radius 2 is 1.56 bits per heavy atom. The number of esters is 1. The van der Waals surface area contributed by atoms with Gasteiger partial charge in [0.15, 0.2) is 0 Å². The van der Waals surface area contributed by atoms with Crippen LogP contribution >= 0.6 is 0 Å². The van der Waals surface area contributed by atoms with E-state index in [2.05, 4.69) is 26.8 Å². The summed E-state index contributed by atoms with van der Waals surface area (Å²) in [7, 11) is 0. The maximum atomic E-state index is 13.1. The highest BCUT2D eigenvalue weighted by Crippen LogP contribution is 2.29. The van der Waals surface area contributed by atoms with Crippen molar-refractivity contribution in [3.8, 4) is 0 Å². The first-order chi connectivity index (χ1) is 19.3. The van der Waals surface area contributed by atoms with E-state index in [1.54, 1.807) is 19.9 Å². The predicted octanol–water partition coefficient (Wildman–Crippen LogP) is 6.98. The summed E-state index contributed by atoms with van der Waals surface area (Å²) in [6, 6.07) is 0. The number of ether oxygens (including phenoxy) is 1. The van der Waals surface area contributed by atoms with Gasteiger partial charge >= 0.3 is 11.9 Å². The van der Waals surface area contributed by atoms with Gasteiger partial charge in [0.2, 0.25) is 0 Å². The lowest BCUT2D eigenvalue weighted by Gasteiger charge is -2.30. The van der Waals surface area contributed by atoms with Gasteiger partial charge in [-0.05, 0) is 69.3 Å². The molecule has 0 aliphatic carbocycles. The largest absolute Gasteiger partial charge is 0.481 e. The van der Waals surface area contributed by atoms with Crippen LogP contribution in [0.25, 0.3) is 0 Å². The van der Waals surface area contributed by atoms with Crippen LogP contribution < -0.4 is 0 Å². The molecule has 0 radical (unpaired) electrons. The van der Waals surface area contributed by atoms with Gasteiger partial charge in [-0.3, -0.25) is 4.79 Å². The Labute approximate surface area is 249 Å². The topological polar surface area (TPSA) is 124 Å². The lowest BCUT2D eigenvalue weighted by Crippen LogP contribution is -2.33. The molecule has 0 aromatic heterocycles. The summed E-state index contributed by atoms with van der Waals surface area (Å²) in [4.78, 5) is 23.7. The number of carbonyl (C=O) groups excluding carboxylic acids is 1. The predicted molar refractivity (Wildman–Crippen MR) is 164 cm³/mol. The number of rotatable bonds is 11. The summed E-state index contributed by atoms with van der Waals surface area (Å²) < 4.78 is 6.13. The van der Waals surface area contributed by atoms with Crippen molar-refractivity contribution in [2.45, 2.75) is 156 Å². The van der Waals surface area contributed by atoms with Gasteiger partial charge in [-0.1, -0.05) is 84.8 Å². The molecule has 0 saturated heterocycles. The zero-order chi connectivity index (χ0) is 30.9. The van der Waals surface area contributed by atoms with E-state index in [0.29, 0.717) is 5.57 Å². The van der Waals surface area contributed by atoms with Crippen LogP contribution in [0.3, 0.4) is 0 Å². The number of hydrogen-bond donors (Lipinski definition) is 4. The smallest absolute Gasteiger partial charge is 0.333 e. The van der Waals surface area contributed by atoms with Crippen LogP contribution in [-0.4, -0.2) is 56.8 Å². The number of aliphatic carboxylic acids is 1. The van der Waals surface area contributed by atoms with Gasteiger partial charge in [0.1, 0.15) is 6.10 Å². The van der Waals surface area contributed by atoms with E-state index in [0.717, 1.165) is 76.2 Å². The molecule has 0 saturated carbocycles. The Bertz CT molecular complexity index is 820. The van der Waals surface area contributed by atoms with Gasteiger partial charge in [-0.2, -0.15) is 0 Å². The molecule has 7 heteroatoms. The number of hydrogen-bond acceptors (Lipinski definition) is 6. The van der Waals surface area contributed by atoms with Gasteiger partial charge in [-0.25, -0.2) is 4.79 Å². The SMILES string of the molecule is C/C1=C\C[C@@H](O)[C@@H](C)[C@H](O)C[C@H](O)/C(C)=C/[C@@H](C)CCC[C@H](C)C([C@H](C)CCCCCCCCCC(=O)O)OC1=O. The van der Waals surface area contributed by atoms with Crippen LogP contribution in [0.5, 0.6) is 0 Å². The first-order valence-electron chi connectivity index (χ1n) is 16.1. The Kier molecular flexibility index (Phi) is 18.4. The summed E-state index contributed by atoms with van der Waals surface area (Å²) in [6.07, 6.45) is 12.9. The second-order valence-electron chi connectivity index (χ2n) is 12.9. The van der Waals surface area contributed by atoms with Crippen LogP contribution in [0.15, 0.2) is 23.3 Å². The third kappa shape index (κ3) is 15.4. The third-order valence-electron chi connectivity index (χ3n) is 8.97. The Morgan fingerprint density at radius 1 is 0.951 bits per heavy atom. The molecule has 1 unspecified atom stereocenters. The van der Waals surface area contributed by atoms with E-state index in [1.807, 2.05) is 6.92 Å². The summed E-state index contributed by atoms with van der Waals surface area (Å²) in [5, 5.41) is 40.7. The highest BCUT2D eigenvalue weighted by atomic mass is 16.5. The lowest BCUT2D eigenvalue weighted by atomic mass is 9.85. The fourth-order valence-corrected chi connectivity index (χ4v) is 5.85. The zero-order valence-electron chi connectivity index (χ0n) is 26.7. The fourth-order valence-electron chi connectivity index (χ4n) is 5.85. The van der Waals surface area contributed by atoms with Crippen molar-refractivity contribution in [3.05, 3.63) is 23.3 Å². The standard InChI is InChI=1S/C34H60O7/c1-23-15-14-17-25(3)33(24(2)16-12-10-8-7-9-11-13-18-32(38)39)41-34(40)26(4)19-20-29(35)28(6)31(37)22-30(36)27(5)21-23/h19,21,23-25,28-31,33,35-37H,7-18,20,22H2,1-6H3,(H,38,39)/b26-19+,27-21+/t23-,24+,25-,28+,29+,30-,31+,33?/m0/s1. The van der Waals surface area contributed by atoms with Crippen molar-refractivity contribution in [2.75, 3.05) is 0 Å². The van der Waals surface area contributed by atoms with E-state index >= 15 is 0 Å². The van der Waals surface area contributed by atoms with Crippen molar-refractivity contribution >= 4 is 11.9 Å². The molecule has 0 aromatic rings. The minimum Gasteiger partial charge on any atom is -0.481 e. The average Bonchev–Trinajstić information content (AvgIpc) is 2.91. The molecule has 0 aromatic carbocycles. The van der Waals surface area contributed by atoms with Gasteiger partial charge < -0.3 is 25.2 Å². The number of carboxylic acid groups (broad SMARTS) is 1. The van der Waals surface area contributed by atoms with E-state index < -0.39 is 30.2 Å². The molecule has 1 aliphatic rings. The number of aliphatic hydroxyl groups is 3. The second-order valence-corrected chi connectivity index (χ2v) is 12.9. The summed E-state index contributed by atoms with van der Waals surface area (Å²) in [5.74, 6) is -0.812. The Morgan fingerprint density at radius 3 is 2.20 bits per heavy atom. The minimum atomic E-state index is -0.860. The molecule has 8 atom stereocenters. The molecule has 1 heterocycles. The van der Waals surface area contributed by atoms with E-state index in [9.17, 15) is 24.9 Å². The number of cyclic esters (lactones) is 1. The highest BCUT2D eigenvalue weighted by molar-refractivity contribution is 5.87. The molecule has 0 amide bonds. The van der Waals surface area contributed by atoms with Crippen LogP contribution in [-0.2, 0) is 14.3 Å². The average molecular weight is 581 g/mol. The van der Waals surface area contributed by atoms with Crippen molar-refractivity contribution in [2.24, 2.45) is 23.7 Å². The van der Waals surface area contributed by atoms with E-state index in [1.165, 1.54) is 0 Å². The summed E-state index contributed by atoms with van der Waals surface area (Å²) in [6.45, 7) is 11.9. The maximum Gasteiger partial charge on any atom is 0.333 e. The van der Waals surface area contributed by atoms with Crippen molar-refractivity contribution < 1.29 is 34.8 Å². The van der Waals surface area contributed by atoms with Gasteiger partial charge in [0.05, 0.1) is 18.3 Å². The number of unbranched alkanes of at least 4 members (excludes halogenated alkanes) is 6. The third-order valence-corrected chi connectivity index (χ3v) is 8.97. The number of aliphatic hydroxyl groups excluding tert-OH is 3. The normalized spacial score (nSPS) is 32.9. The maximum absolute atomic E-state index is 13.1. The van der Waals surface area contributed by atoms with Crippen molar-refractivity contribution in [1.82, 2.24) is 0 Å². The fraction of sp³-hybridized carbons (Fsp3) is 0.824. The summed E-state index contributed by atoms with van der Waals surface area (Å²) in [5.41, 5.74) is 1.32. The van der Waals surface area contributed by atoms with Crippen molar-refractivity contribution in [1.29, 1.82) is 0 Å². The molecule has 0 spiro atoms. The van der Waals surface area contributed by atoms with Gasteiger partial charge in [-0.15, -0.1) is 0 Å². The molecular weight excluding hydrogens is 520 g/mol. The Hall–Kier alpha value is -1.70. The van der Waals surface area contributed by atoms with Gasteiger partial charge in [0.25, 0.3) is 0 Å². The van der Waals surface area contributed by atoms with Crippen LogP contribution in [0.2, 0.25) is 0 Å². The summed E-state index contributed by atoms with van der Waals surface area (Å²) >= 11 is 0. The van der Waals surface area contributed by atoms with E-state index in [4.69, 9.17) is 9.84 Å². The molecule has 0 bridgehead atoms. The number of allylic oxidation sites excluding steroid dienone is 1. The quantitative estimate of drug-likeness (QED) is 0.118. The first-order valence-corrected chi connectivity index (χ1v) is 16.1. The minimum absolute atomic E-state index is 0.168. The molecule has 41 heavy (non-hydrogen) atoms. The van der Waals surface area contributed by atoms with E-state index in [-0.39, 0.29) is 49.1 Å². The van der Waals surface area contributed by atoms with Crippen LogP contribution in [0.1, 0.15) is 131 Å². The van der Waals surface area contributed by atoms with Crippen molar-refractivity contribution in [3.63, 3.8) is 0 Å². The molecule has 0 fully saturated rings. The molecule has 1 aliphatic heterocycles. The molecule has 7 nitrogen and oxygen atoms in total. The molecule has 238 valence electrons. The molecule has 4 N–H and O–H groups in total. The highest BCUT2D eigenvalue weighted by Gasteiger charge is 2.29.